The number of rotatable bonds is 3. The SMILES string of the molecule is CC(=O)C(Br)c1cccc(Br)c1C=O. The molecule has 0 amide bonds. The average Bonchev–Trinajstić information content (AvgIpc) is 2.16. The molecule has 2 nitrogen and oxygen atoms in total. The highest BCUT2D eigenvalue weighted by atomic mass is 79.9. The first kappa shape index (κ1) is 11.6. The number of benzene rings is 1. The standard InChI is InChI=1S/C10H8Br2O2/c1-6(14)10(12)7-3-2-4-9(11)8(7)5-13/h2-5,10H,1H3. The van der Waals surface area contributed by atoms with E-state index in [1.807, 2.05) is 0 Å². The number of alkyl halides is 1. The van der Waals surface area contributed by atoms with Gasteiger partial charge in [0.2, 0.25) is 0 Å². The highest BCUT2D eigenvalue weighted by Gasteiger charge is 2.17. The second kappa shape index (κ2) is 4.84. The summed E-state index contributed by atoms with van der Waals surface area (Å²) in [6.07, 6.45) is 0.747. The van der Waals surface area contributed by atoms with E-state index < -0.39 is 4.83 Å². The first-order valence-electron chi connectivity index (χ1n) is 3.96. The molecular formula is C10H8Br2O2. The first-order valence-corrected chi connectivity index (χ1v) is 5.67. The maximum Gasteiger partial charge on any atom is 0.151 e. The fourth-order valence-corrected chi connectivity index (χ4v) is 1.99. The highest BCUT2D eigenvalue weighted by molar-refractivity contribution is 9.10. The van der Waals surface area contributed by atoms with Crippen molar-refractivity contribution in [3.8, 4) is 0 Å². The Balaban J connectivity index is 3.26. The van der Waals surface area contributed by atoms with Gasteiger partial charge in [-0.2, -0.15) is 0 Å². The van der Waals surface area contributed by atoms with Crippen LogP contribution in [0.5, 0.6) is 0 Å². The van der Waals surface area contributed by atoms with E-state index >= 15 is 0 Å². The lowest BCUT2D eigenvalue weighted by Crippen LogP contribution is -2.04. The number of carbonyl (C=O) groups is 2. The molecule has 0 saturated heterocycles. The molecular weight excluding hydrogens is 312 g/mol. The van der Waals surface area contributed by atoms with Gasteiger partial charge in [-0.15, -0.1) is 0 Å². The fourth-order valence-electron chi connectivity index (χ4n) is 1.12. The van der Waals surface area contributed by atoms with Gasteiger partial charge in [-0.25, -0.2) is 0 Å². The topological polar surface area (TPSA) is 34.1 Å². The molecule has 0 aliphatic heterocycles. The molecule has 0 spiro atoms. The summed E-state index contributed by atoms with van der Waals surface area (Å²) >= 11 is 6.51. The average molecular weight is 320 g/mol. The Labute approximate surface area is 98.9 Å². The Morgan fingerprint density at radius 2 is 2.14 bits per heavy atom. The van der Waals surface area contributed by atoms with E-state index in [1.54, 1.807) is 18.2 Å². The highest BCUT2D eigenvalue weighted by Crippen LogP contribution is 2.29. The summed E-state index contributed by atoms with van der Waals surface area (Å²) in [7, 11) is 0. The molecule has 1 atom stereocenters. The van der Waals surface area contributed by atoms with Crippen LogP contribution in [0.3, 0.4) is 0 Å². The molecule has 4 heteroatoms. The zero-order valence-corrected chi connectivity index (χ0v) is 10.6. The molecule has 0 radical (unpaired) electrons. The monoisotopic (exact) mass is 318 g/mol. The van der Waals surface area contributed by atoms with E-state index in [0.717, 1.165) is 6.29 Å². The van der Waals surface area contributed by atoms with Crippen molar-refractivity contribution >= 4 is 43.9 Å². The second-order valence-electron chi connectivity index (χ2n) is 2.83. The number of Topliss-reactive ketones (excluding diaryl/α,β-unsaturated/α-hetero) is 1. The van der Waals surface area contributed by atoms with Gasteiger partial charge in [-0.3, -0.25) is 9.59 Å². The van der Waals surface area contributed by atoms with E-state index in [0.29, 0.717) is 15.6 Å². The molecule has 0 fully saturated rings. The van der Waals surface area contributed by atoms with E-state index in [9.17, 15) is 9.59 Å². The molecule has 0 aromatic heterocycles. The van der Waals surface area contributed by atoms with Gasteiger partial charge in [0.15, 0.2) is 6.29 Å². The number of hydrogen-bond acceptors (Lipinski definition) is 2. The number of carbonyl (C=O) groups excluding carboxylic acids is 2. The molecule has 1 aromatic carbocycles. The zero-order chi connectivity index (χ0) is 10.7. The minimum atomic E-state index is -0.416. The lowest BCUT2D eigenvalue weighted by atomic mass is 10.0. The molecule has 1 aromatic rings. The van der Waals surface area contributed by atoms with Crippen molar-refractivity contribution in [2.24, 2.45) is 0 Å². The predicted molar refractivity (Wildman–Crippen MR) is 61.9 cm³/mol. The van der Waals surface area contributed by atoms with Crippen LogP contribution in [0.15, 0.2) is 22.7 Å². The van der Waals surface area contributed by atoms with Crippen molar-refractivity contribution in [1.29, 1.82) is 0 Å². The maximum atomic E-state index is 11.1. The summed E-state index contributed by atoms with van der Waals surface area (Å²) < 4.78 is 0.704. The Bertz CT molecular complexity index is 374. The van der Waals surface area contributed by atoms with Crippen LogP contribution in [0, 0.1) is 0 Å². The first-order chi connectivity index (χ1) is 6.57. The van der Waals surface area contributed by atoms with Crippen molar-refractivity contribution in [1.82, 2.24) is 0 Å². The van der Waals surface area contributed by atoms with Gasteiger partial charge < -0.3 is 0 Å². The summed E-state index contributed by atoms with van der Waals surface area (Å²) in [5.41, 5.74) is 1.21. The number of ketones is 1. The Kier molecular flexibility index (Phi) is 4.01. The molecule has 0 N–H and O–H groups in total. The summed E-state index contributed by atoms with van der Waals surface area (Å²) in [6, 6.07) is 5.33. The Morgan fingerprint density at radius 1 is 1.50 bits per heavy atom. The van der Waals surface area contributed by atoms with E-state index in [4.69, 9.17) is 0 Å². The summed E-state index contributed by atoms with van der Waals surface area (Å²) in [5, 5.41) is 0. The van der Waals surface area contributed by atoms with Crippen molar-refractivity contribution in [2.45, 2.75) is 11.8 Å². The van der Waals surface area contributed by atoms with E-state index in [2.05, 4.69) is 31.9 Å². The largest absolute Gasteiger partial charge is 0.298 e. The van der Waals surface area contributed by atoms with Crippen molar-refractivity contribution in [3.05, 3.63) is 33.8 Å². The number of aldehydes is 1. The molecule has 1 unspecified atom stereocenters. The van der Waals surface area contributed by atoms with Gasteiger partial charge >= 0.3 is 0 Å². The third kappa shape index (κ3) is 2.30. The fraction of sp³-hybridized carbons (Fsp3) is 0.200. The molecule has 0 saturated carbocycles. The maximum absolute atomic E-state index is 11.1. The third-order valence-corrected chi connectivity index (χ3v) is 3.66. The van der Waals surface area contributed by atoms with Crippen molar-refractivity contribution < 1.29 is 9.59 Å². The minimum Gasteiger partial charge on any atom is -0.298 e. The van der Waals surface area contributed by atoms with Crippen LogP contribution in [0.25, 0.3) is 0 Å². The lowest BCUT2D eigenvalue weighted by Gasteiger charge is -2.09. The number of hydrogen-bond donors (Lipinski definition) is 0. The minimum absolute atomic E-state index is 0.0220. The third-order valence-electron chi connectivity index (χ3n) is 1.83. The lowest BCUT2D eigenvalue weighted by molar-refractivity contribution is -0.116. The van der Waals surface area contributed by atoms with Gasteiger partial charge in [-0.1, -0.05) is 44.0 Å². The molecule has 74 valence electrons. The number of halogens is 2. The van der Waals surface area contributed by atoms with Crippen molar-refractivity contribution in [3.63, 3.8) is 0 Å². The summed E-state index contributed by atoms with van der Waals surface area (Å²) in [4.78, 5) is 21.5. The van der Waals surface area contributed by atoms with Crippen LogP contribution in [0.2, 0.25) is 0 Å². The molecule has 0 heterocycles. The van der Waals surface area contributed by atoms with E-state index in [1.165, 1.54) is 6.92 Å². The van der Waals surface area contributed by atoms with Gasteiger partial charge in [0, 0.05) is 10.0 Å². The van der Waals surface area contributed by atoms with Crippen LogP contribution in [0.4, 0.5) is 0 Å². The van der Waals surface area contributed by atoms with Gasteiger partial charge in [0.05, 0.1) is 4.83 Å². The Morgan fingerprint density at radius 3 is 2.64 bits per heavy atom. The quantitative estimate of drug-likeness (QED) is 0.633. The van der Waals surface area contributed by atoms with Crippen LogP contribution in [0.1, 0.15) is 27.7 Å². The normalized spacial score (nSPS) is 12.2. The molecule has 0 bridgehead atoms. The smallest absolute Gasteiger partial charge is 0.151 e. The second-order valence-corrected chi connectivity index (χ2v) is 4.60. The molecule has 1 rings (SSSR count). The predicted octanol–water partition coefficient (Wildman–Crippen LogP) is 3.29. The van der Waals surface area contributed by atoms with Crippen LogP contribution >= 0.6 is 31.9 Å². The molecule has 14 heavy (non-hydrogen) atoms. The van der Waals surface area contributed by atoms with Gasteiger partial charge in [0.25, 0.3) is 0 Å². The molecule has 0 aliphatic carbocycles. The van der Waals surface area contributed by atoms with Crippen LogP contribution in [-0.4, -0.2) is 12.1 Å². The Hall–Kier alpha value is -0.480. The van der Waals surface area contributed by atoms with Crippen molar-refractivity contribution in [2.75, 3.05) is 0 Å². The van der Waals surface area contributed by atoms with Gasteiger partial charge in [0.1, 0.15) is 5.78 Å². The van der Waals surface area contributed by atoms with Crippen LogP contribution in [-0.2, 0) is 4.79 Å². The van der Waals surface area contributed by atoms with E-state index in [-0.39, 0.29) is 5.78 Å². The van der Waals surface area contributed by atoms with Gasteiger partial charge in [-0.05, 0) is 18.6 Å². The summed E-state index contributed by atoms with van der Waals surface area (Å²) in [5.74, 6) is -0.0220. The van der Waals surface area contributed by atoms with Crippen LogP contribution < -0.4 is 0 Å². The summed E-state index contributed by atoms with van der Waals surface area (Å²) in [6.45, 7) is 1.48. The zero-order valence-electron chi connectivity index (χ0n) is 7.46. The molecule has 0 aliphatic rings.